The van der Waals surface area contributed by atoms with Gasteiger partial charge in [0.05, 0.1) is 18.8 Å². The summed E-state index contributed by atoms with van der Waals surface area (Å²) in [5, 5.41) is 0. The van der Waals surface area contributed by atoms with Crippen molar-refractivity contribution in [1.29, 1.82) is 0 Å². The zero-order chi connectivity index (χ0) is 15.0. The van der Waals surface area contributed by atoms with Gasteiger partial charge in [-0.1, -0.05) is 39.0 Å². The first kappa shape index (κ1) is 17.0. The van der Waals surface area contributed by atoms with Gasteiger partial charge in [0.25, 0.3) is 0 Å². The van der Waals surface area contributed by atoms with Crippen LogP contribution < -0.4 is 16.0 Å². The SMILES string of the molecule is CCCOc1ccccc1C(NN)C(OCC)C(C)C. The van der Waals surface area contributed by atoms with Crippen LogP contribution in [0, 0.1) is 5.92 Å². The highest BCUT2D eigenvalue weighted by atomic mass is 16.5. The topological polar surface area (TPSA) is 56.5 Å². The van der Waals surface area contributed by atoms with Crippen LogP contribution in [0.5, 0.6) is 5.75 Å². The summed E-state index contributed by atoms with van der Waals surface area (Å²) in [5.41, 5.74) is 3.95. The Morgan fingerprint density at radius 1 is 1.20 bits per heavy atom. The highest BCUT2D eigenvalue weighted by molar-refractivity contribution is 5.36. The number of ether oxygens (including phenoxy) is 2. The van der Waals surface area contributed by atoms with Crippen molar-refractivity contribution >= 4 is 0 Å². The van der Waals surface area contributed by atoms with Gasteiger partial charge in [0, 0.05) is 12.2 Å². The first-order chi connectivity index (χ1) is 9.65. The van der Waals surface area contributed by atoms with Crippen LogP contribution in [0.3, 0.4) is 0 Å². The van der Waals surface area contributed by atoms with Gasteiger partial charge >= 0.3 is 0 Å². The number of nitrogens with one attached hydrogen (secondary N) is 1. The average molecular weight is 280 g/mol. The molecule has 2 unspecified atom stereocenters. The molecule has 4 nitrogen and oxygen atoms in total. The Labute approximate surface area is 122 Å². The first-order valence-electron chi connectivity index (χ1n) is 7.45. The average Bonchev–Trinajstić information content (AvgIpc) is 2.45. The van der Waals surface area contributed by atoms with E-state index in [0.29, 0.717) is 19.1 Å². The molecule has 0 saturated heterocycles. The molecule has 0 saturated carbocycles. The highest BCUT2D eigenvalue weighted by Gasteiger charge is 2.27. The van der Waals surface area contributed by atoms with Gasteiger partial charge in [-0.05, 0) is 25.3 Å². The van der Waals surface area contributed by atoms with Crippen molar-refractivity contribution in [2.24, 2.45) is 11.8 Å². The Morgan fingerprint density at radius 3 is 2.45 bits per heavy atom. The van der Waals surface area contributed by atoms with E-state index >= 15 is 0 Å². The zero-order valence-electron chi connectivity index (χ0n) is 13.1. The molecule has 0 aliphatic heterocycles. The summed E-state index contributed by atoms with van der Waals surface area (Å²) < 4.78 is 11.7. The van der Waals surface area contributed by atoms with Gasteiger partial charge in [0.15, 0.2) is 0 Å². The Balaban J connectivity index is 3.03. The smallest absolute Gasteiger partial charge is 0.124 e. The molecule has 0 heterocycles. The van der Waals surface area contributed by atoms with E-state index < -0.39 is 0 Å². The summed E-state index contributed by atoms with van der Waals surface area (Å²) in [4.78, 5) is 0. The van der Waals surface area contributed by atoms with Gasteiger partial charge in [-0.3, -0.25) is 11.3 Å². The van der Waals surface area contributed by atoms with Crippen molar-refractivity contribution in [2.45, 2.75) is 46.3 Å². The van der Waals surface area contributed by atoms with E-state index in [1.807, 2.05) is 31.2 Å². The predicted octanol–water partition coefficient (Wildman–Crippen LogP) is 3.04. The maximum absolute atomic E-state index is 5.87. The monoisotopic (exact) mass is 280 g/mol. The lowest BCUT2D eigenvalue weighted by molar-refractivity contribution is 0.00213. The normalized spacial score (nSPS) is 14.3. The van der Waals surface area contributed by atoms with Gasteiger partial charge in [-0.25, -0.2) is 0 Å². The van der Waals surface area contributed by atoms with E-state index in [-0.39, 0.29) is 12.1 Å². The molecule has 0 radical (unpaired) electrons. The Morgan fingerprint density at radius 2 is 1.90 bits per heavy atom. The number of hydrogen-bond donors (Lipinski definition) is 2. The Kier molecular flexibility index (Phi) is 7.59. The van der Waals surface area contributed by atoms with Crippen LogP contribution in [0.1, 0.15) is 45.7 Å². The number of nitrogens with two attached hydrogens (primary N) is 1. The minimum absolute atomic E-state index is 0.0105. The molecule has 114 valence electrons. The summed E-state index contributed by atoms with van der Waals surface area (Å²) in [5.74, 6) is 7.02. The highest BCUT2D eigenvalue weighted by Crippen LogP contribution is 2.31. The van der Waals surface area contributed by atoms with E-state index in [0.717, 1.165) is 17.7 Å². The first-order valence-corrected chi connectivity index (χ1v) is 7.45. The minimum Gasteiger partial charge on any atom is -0.493 e. The number of benzene rings is 1. The van der Waals surface area contributed by atoms with E-state index in [1.165, 1.54) is 0 Å². The van der Waals surface area contributed by atoms with Crippen LogP contribution in [0.2, 0.25) is 0 Å². The lowest BCUT2D eigenvalue weighted by Gasteiger charge is -2.30. The fourth-order valence-electron chi connectivity index (χ4n) is 2.31. The summed E-state index contributed by atoms with van der Waals surface area (Å²) in [6.45, 7) is 9.75. The van der Waals surface area contributed by atoms with Crippen LogP contribution >= 0.6 is 0 Å². The van der Waals surface area contributed by atoms with Crippen molar-refractivity contribution in [3.05, 3.63) is 29.8 Å². The van der Waals surface area contributed by atoms with Crippen LogP contribution in [-0.2, 0) is 4.74 Å². The molecule has 1 aromatic carbocycles. The molecule has 1 rings (SSSR count). The predicted molar refractivity (Wildman–Crippen MR) is 82.5 cm³/mol. The number of rotatable bonds is 9. The molecular weight excluding hydrogens is 252 g/mol. The Hall–Kier alpha value is -1.10. The van der Waals surface area contributed by atoms with Crippen LogP contribution in [0.4, 0.5) is 0 Å². The standard InChI is InChI=1S/C16H28N2O2/c1-5-11-20-14-10-8-7-9-13(14)15(18-17)16(12(3)4)19-6-2/h7-10,12,15-16,18H,5-6,11,17H2,1-4H3. The number of para-hydroxylation sites is 1. The van der Waals surface area contributed by atoms with Gasteiger partial charge in [0.1, 0.15) is 5.75 Å². The van der Waals surface area contributed by atoms with Crippen molar-refractivity contribution in [3.63, 3.8) is 0 Å². The molecule has 1 aromatic rings. The van der Waals surface area contributed by atoms with Gasteiger partial charge in [-0.2, -0.15) is 0 Å². The Bertz CT molecular complexity index is 382. The molecule has 0 aromatic heterocycles. The lowest BCUT2D eigenvalue weighted by atomic mass is 9.93. The molecular formula is C16H28N2O2. The molecule has 0 bridgehead atoms. The zero-order valence-corrected chi connectivity index (χ0v) is 13.1. The van der Waals surface area contributed by atoms with Crippen molar-refractivity contribution in [1.82, 2.24) is 5.43 Å². The lowest BCUT2D eigenvalue weighted by Crippen LogP contribution is -2.41. The second-order valence-corrected chi connectivity index (χ2v) is 5.19. The van der Waals surface area contributed by atoms with Crippen LogP contribution in [0.15, 0.2) is 24.3 Å². The number of hydrazine groups is 1. The second kappa shape index (κ2) is 8.95. The molecule has 0 aliphatic carbocycles. The third-order valence-corrected chi connectivity index (χ3v) is 3.24. The number of hydrogen-bond acceptors (Lipinski definition) is 4. The molecule has 0 aliphatic rings. The third kappa shape index (κ3) is 4.47. The fraction of sp³-hybridized carbons (Fsp3) is 0.625. The molecule has 0 spiro atoms. The summed E-state index contributed by atoms with van der Waals surface area (Å²) in [7, 11) is 0. The minimum atomic E-state index is -0.0805. The third-order valence-electron chi connectivity index (χ3n) is 3.24. The van der Waals surface area contributed by atoms with E-state index in [9.17, 15) is 0 Å². The van der Waals surface area contributed by atoms with Crippen molar-refractivity contribution in [2.75, 3.05) is 13.2 Å². The second-order valence-electron chi connectivity index (χ2n) is 5.19. The molecule has 3 N–H and O–H groups in total. The summed E-state index contributed by atoms with van der Waals surface area (Å²) in [6.07, 6.45) is 0.991. The molecule has 0 fully saturated rings. The van der Waals surface area contributed by atoms with Crippen LogP contribution in [-0.4, -0.2) is 19.3 Å². The molecule has 4 heteroatoms. The molecule has 2 atom stereocenters. The van der Waals surface area contributed by atoms with Crippen molar-refractivity contribution in [3.8, 4) is 5.75 Å². The van der Waals surface area contributed by atoms with E-state index in [2.05, 4.69) is 26.2 Å². The van der Waals surface area contributed by atoms with Gasteiger partial charge in [-0.15, -0.1) is 0 Å². The molecule has 20 heavy (non-hydrogen) atoms. The molecule has 0 amide bonds. The quantitative estimate of drug-likeness (QED) is 0.539. The van der Waals surface area contributed by atoms with Crippen LogP contribution in [0.25, 0.3) is 0 Å². The maximum Gasteiger partial charge on any atom is 0.124 e. The summed E-state index contributed by atoms with van der Waals surface area (Å²) in [6, 6.07) is 7.93. The largest absolute Gasteiger partial charge is 0.493 e. The fourth-order valence-corrected chi connectivity index (χ4v) is 2.31. The summed E-state index contributed by atoms with van der Waals surface area (Å²) >= 11 is 0. The van der Waals surface area contributed by atoms with Gasteiger partial charge < -0.3 is 9.47 Å². The van der Waals surface area contributed by atoms with E-state index in [4.69, 9.17) is 15.3 Å². The van der Waals surface area contributed by atoms with E-state index in [1.54, 1.807) is 0 Å². The van der Waals surface area contributed by atoms with Crippen molar-refractivity contribution < 1.29 is 9.47 Å². The van der Waals surface area contributed by atoms with Gasteiger partial charge in [0.2, 0.25) is 0 Å². The maximum atomic E-state index is 5.87.